The molecule has 0 aliphatic rings. The lowest BCUT2D eigenvalue weighted by atomic mass is 10.1. The highest BCUT2D eigenvalue weighted by Crippen LogP contribution is 2.15. The first kappa shape index (κ1) is 15.5. The van der Waals surface area contributed by atoms with Gasteiger partial charge in [0.15, 0.2) is 0 Å². The van der Waals surface area contributed by atoms with Crippen LogP contribution in [0.1, 0.15) is 24.8 Å². The van der Waals surface area contributed by atoms with Gasteiger partial charge in [-0.2, -0.15) is 0 Å². The van der Waals surface area contributed by atoms with Gasteiger partial charge in [-0.15, -0.1) is 0 Å². The van der Waals surface area contributed by atoms with Crippen molar-refractivity contribution in [1.82, 2.24) is 10.6 Å². The van der Waals surface area contributed by atoms with E-state index < -0.39 is 0 Å². The van der Waals surface area contributed by atoms with Crippen LogP contribution in [-0.2, 0) is 11.2 Å². The average Bonchev–Trinajstić information content (AvgIpc) is 2.44. The van der Waals surface area contributed by atoms with Gasteiger partial charge in [0.05, 0.1) is 6.61 Å². The molecule has 4 nitrogen and oxygen atoms in total. The Hall–Kier alpha value is -1.55. The van der Waals surface area contributed by atoms with Gasteiger partial charge in [0.25, 0.3) is 0 Å². The first-order chi connectivity index (χ1) is 9.26. The van der Waals surface area contributed by atoms with Crippen molar-refractivity contribution < 1.29 is 9.53 Å². The summed E-state index contributed by atoms with van der Waals surface area (Å²) in [6, 6.07) is 8.17. The molecule has 19 heavy (non-hydrogen) atoms. The summed E-state index contributed by atoms with van der Waals surface area (Å²) in [5.74, 6) is 0.947. The fourth-order valence-corrected chi connectivity index (χ4v) is 1.81. The van der Waals surface area contributed by atoms with Crippen molar-refractivity contribution in [3.05, 3.63) is 29.8 Å². The number of hydrogen-bond donors (Lipinski definition) is 2. The number of aryl methyl sites for hydroxylation is 1. The van der Waals surface area contributed by atoms with E-state index in [9.17, 15) is 4.79 Å². The van der Waals surface area contributed by atoms with Crippen LogP contribution < -0.4 is 15.4 Å². The third kappa shape index (κ3) is 6.82. The Balaban J connectivity index is 2.29. The molecule has 0 aromatic heterocycles. The van der Waals surface area contributed by atoms with Gasteiger partial charge in [0.1, 0.15) is 5.75 Å². The molecule has 2 N–H and O–H groups in total. The van der Waals surface area contributed by atoms with E-state index in [0.29, 0.717) is 13.0 Å². The third-order valence-corrected chi connectivity index (χ3v) is 2.89. The second kappa shape index (κ2) is 9.39. The maximum atomic E-state index is 11.1. The molecule has 1 rings (SSSR count). The Bertz CT molecular complexity index is 380. The lowest BCUT2D eigenvalue weighted by molar-refractivity contribution is -0.120. The maximum Gasteiger partial charge on any atom is 0.219 e. The molecule has 0 unspecified atom stereocenters. The molecule has 0 saturated carbocycles. The molecule has 0 bridgehead atoms. The molecule has 0 atom stereocenters. The molecular weight excluding hydrogens is 240 g/mol. The Kier molecular flexibility index (Phi) is 7.66. The highest BCUT2D eigenvalue weighted by Gasteiger charge is 2.00. The first-order valence-corrected chi connectivity index (χ1v) is 6.83. The van der Waals surface area contributed by atoms with E-state index in [1.54, 1.807) is 7.05 Å². The number of carbonyl (C=O) groups is 1. The van der Waals surface area contributed by atoms with E-state index >= 15 is 0 Å². The zero-order valence-electron chi connectivity index (χ0n) is 11.9. The van der Waals surface area contributed by atoms with Crippen molar-refractivity contribution in [3.8, 4) is 5.75 Å². The van der Waals surface area contributed by atoms with Gasteiger partial charge in [-0.1, -0.05) is 12.1 Å². The van der Waals surface area contributed by atoms with E-state index in [0.717, 1.165) is 31.6 Å². The summed E-state index contributed by atoms with van der Waals surface area (Å²) < 4.78 is 5.65. The van der Waals surface area contributed by atoms with Crippen LogP contribution in [0.15, 0.2) is 24.3 Å². The average molecular weight is 264 g/mol. The fraction of sp³-hybridized carbons (Fsp3) is 0.533. The van der Waals surface area contributed by atoms with E-state index in [1.165, 1.54) is 5.56 Å². The van der Waals surface area contributed by atoms with Gasteiger partial charge in [-0.05, 0) is 50.6 Å². The van der Waals surface area contributed by atoms with Crippen molar-refractivity contribution >= 4 is 5.91 Å². The quantitative estimate of drug-likeness (QED) is 0.668. The van der Waals surface area contributed by atoms with E-state index in [2.05, 4.69) is 22.8 Å². The van der Waals surface area contributed by atoms with Gasteiger partial charge in [0.2, 0.25) is 5.91 Å². The van der Waals surface area contributed by atoms with Gasteiger partial charge in [-0.3, -0.25) is 4.79 Å². The number of nitrogens with one attached hydrogen (secondary N) is 2. The Labute approximate surface area is 115 Å². The second-order valence-electron chi connectivity index (χ2n) is 4.48. The lowest BCUT2D eigenvalue weighted by Crippen LogP contribution is -2.18. The smallest absolute Gasteiger partial charge is 0.219 e. The molecule has 0 saturated heterocycles. The SMILES string of the molecule is CNCCCc1cccc(OCCCC(=O)NC)c1. The summed E-state index contributed by atoms with van der Waals surface area (Å²) in [7, 11) is 3.61. The predicted octanol–water partition coefficient (Wildman–Crippen LogP) is 1.74. The normalized spacial score (nSPS) is 10.2. The number of amides is 1. The Morgan fingerprint density at radius 2 is 2.11 bits per heavy atom. The van der Waals surface area contributed by atoms with E-state index in [1.807, 2.05) is 19.2 Å². The molecule has 0 fully saturated rings. The largest absolute Gasteiger partial charge is 0.494 e. The van der Waals surface area contributed by atoms with Gasteiger partial charge >= 0.3 is 0 Å². The summed E-state index contributed by atoms with van der Waals surface area (Å²) in [5.41, 5.74) is 1.29. The van der Waals surface area contributed by atoms with Crippen LogP contribution >= 0.6 is 0 Å². The van der Waals surface area contributed by atoms with Gasteiger partial charge in [-0.25, -0.2) is 0 Å². The number of hydrogen-bond acceptors (Lipinski definition) is 3. The van der Waals surface area contributed by atoms with Crippen molar-refractivity contribution in [2.75, 3.05) is 27.2 Å². The number of carbonyl (C=O) groups excluding carboxylic acids is 1. The molecule has 1 aromatic rings. The molecular formula is C15H24N2O2. The van der Waals surface area contributed by atoms with Crippen LogP contribution in [0.2, 0.25) is 0 Å². The molecule has 1 amide bonds. The van der Waals surface area contributed by atoms with Crippen molar-refractivity contribution in [1.29, 1.82) is 0 Å². The predicted molar refractivity (Wildman–Crippen MR) is 77.5 cm³/mol. The molecule has 0 aliphatic carbocycles. The van der Waals surface area contributed by atoms with Crippen LogP contribution in [0.4, 0.5) is 0 Å². The Morgan fingerprint density at radius 1 is 1.26 bits per heavy atom. The summed E-state index contributed by atoms with van der Waals surface area (Å²) in [6.45, 7) is 1.60. The fourth-order valence-electron chi connectivity index (χ4n) is 1.81. The van der Waals surface area contributed by atoms with Crippen LogP contribution in [0, 0.1) is 0 Å². The number of rotatable bonds is 9. The van der Waals surface area contributed by atoms with Gasteiger partial charge < -0.3 is 15.4 Å². The standard InChI is InChI=1S/C15H24N2O2/c1-16-10-4-7-13-6-3-8-14(12-13)19-11-5-9-15(18)17-2/h3,6,8,12,16H,4-5,7,9-11H2,1-2H3,(H,17,18). The maximum absolute atomic E-state index is 11.1. The van der Waals surface area contributed by atoms with Crippen LogP contribution in [0.3, 0.4) is 0 Å². The molecule has 0 heterocycles. The zero-order chi connectivity index (χ0) is 13.9. The molecule has 0 spiro atoms. The molecule has 4 heteroatoms. The Morgan fingerprint density at radius 3 is 2.84 bits per heavy atom. The molecule has 1 aromatic carbocycles. The van der Waals surface area contributed by atoms with Crippen LogP contribution in [0.5, 0.6) is 5.75 Å². The van der Waals surface area contributed by atoms with E-state index in [-0.39, 0.29) is 5.91 Å². The van der Waals surface area contributed by atoms with Crippen molar-refractivity contribution in [3.63, 3.8) is 0 Å². The first-order valence-electron chi connectivity index (χ1n) is 6.83. The summed E-state index contributed by atoms with van der Waals surface area (Å²) in [4.78, 5) is 11.1. The minimum atomic E-state index is 0.0596. The molecule has 106 valence electrons. The molecule has 0 radical (unpaired) electrons. The lowest BCUT2D eigenvalue weighted by Gasteiger charge is -2.08. The molecule has 0 aliphatic heterocycles. The summed E-state index contributed by atoms with van der Waals surface area (Å²) in [5, 5.41) is 5.74. The van der Waals surface area contributed by atoms with E-state index in [4.69, 9.17) is 4.74 Å². The zero-order valence-corrected chi connectivity index (χ0v) is 11.9. The summed E-state index contributed by atoms with van der Waals surface area (Å²) in [6.07, 6.45) is 3.43. The highest BCUT2D eigenvalue weighted by molar-refractivity contribution is 5.75. The van der Waals surface area contributed by atoms with Crippen LogP contribution in [0.25, 0.3) is 0 Å². The topological polar surface area (TPSA) is 50.4 Å². The second-order valence-corrected chi connectivity index (χ2v) is 4.48. The minimum Gasteiger partial charge on any atom is -0.494 e. The highest BCUT2D eigenvalue weighted by atomic mass is 16.5. The van der Waals surface area contributed by atoms with Crippen molar-refractivity contribution in [2.45, 2.75) is 25.7 Å². The third-order valence-electron chi connectivity index (χ3n) is 2.89. The van der Waals surface area contributed by atoms with Crippen molar-refractivity contribution in [2.24, 2.45) is 0 Å². The van der Waals surface area contributed by atoms with Gasteiger partial charge in [0, 0.05) is 13.5 Å². The summed E-state index contributed by atoms with van der Waals surface area (Å²) >= 11 is 0. The number of ether oxygens (including phenoxy) is 1. The van der Waals surface area contributed by atoms with Crippen LogP contribution in [-0.4, -0.2) is 33.2 Å². The monoisotopic (exact) mass is 264 g/mol. The minimum absolute atomic E-state index is 0.0596. The number of benzene rings is 1.